The predicted octanol–water partition coefficient (Wildman–Crippen LogP) is 0.607. The summed E-state index contributed by atoms with van der Waals surface area (Å²) in [5.41, 5.74) is 0. The largest absolute Gasteiger partial charge is 0.481 e. The highest BCUT2D eigenvalue weighted by molar-refractivity contribution is 5.84. The second-order valence-electron chi connectivity index (χ2n) is 4.53. The van der Waals surface area contributed by atoms with Crippen LogP contribution in [-0.2, 0) is 9.59 Å². The fourth-order valence-electron chi connectivity index (χ4n) is 1.69. The first-order chi connectivity index (χ1) is 9.37. The number of carboxylic acid groups (broad SMARTS) is 1. The minimum atomic E-state index is -0.942. The molecule has 0 saturated heterocycles. The molecule has 0 aliphatic rings. The lowest BCUT2D eigenvalue weighted by molar-refractivity contribution is -0.141. The normalized spacial score (nSPS) is 11.6. The molecule has 116 valence electrons. The van der Waals surface area contributed by atoms with E-state index in [1.54, 1.807) is 20.8 Å². The van der Waals surface area contributed by atoms with Crippen LogP contribution >= 0.6 is 0 Å². The average molecular weight is 287 g/mol. The number of hydrogen-bond acceptors (Lipinski definition) is 3. The summed E-state index contributed by atoms with van der Waals surface area (Å²) in [6.07, 6.45) is 0. The number of carbonyl (C=O) groups excluding carboxylic acids is 2. The van der Waals surface area contributed by atoms with Gasteiger partial charge in [0.15, 0.2) is 0 Å². The van der Waals surface area contributed by atoms with Gasteiger partial charge in [0.1, 0.15) is 6.54 Å². The molecule has 1 atom stereocenters. The van der Waals surface area contributed by atoms with E-state index in [1.165, 1.54) is 9.80 Å². The van der Waals surface area contributed by atoms with Crippen molar-refractivity contribution in [2.24, 2.45) is 5.92 Å². The number of likely N-dealkylation sites (N-methyl/N-ethyl adjacent to an activating group) is 2. The summed E-state index contributed by atoms with van der Waals surface area (Å²) in [7, 11) is 0. The highest BCUT2D eigenvalue weighted by Gasteiger charge is 2.24. The van der Waals surface area contributed by atoms with Crippen LogP contribution < -0.4 is 5.32 Å². The predicted molar refractivity (Wildman–Crippen MR) is 75.4 cm³/mol. The molecule has 0 fully saturated rings. The Morgan fingerprint density at radius 1 is 1.10 bits per heavy atom. The number of hydrogen-bond donors (Lipinski definition) is 2. The molecule has 0 radical (unpaired) electrons. The molecule has 1 unspecified atom stereocenters. The number of urea groups is 1. The third-order valence-electron chi connectivity index (χ3n) is 2.93. The number of rotatable bonds is 8. The monoisotopic (exact) mass is 287 g/mol. The molecule has 20 heavy (non-hydrogen) atoms. The zero-order valence-electron chi connectivity index (χ0n) is 12.7. The Balaban J connectivity index is 4.68. The molecule has 0 aromatic carbocycles. The van der Waals surface area contributed by atoms with Gasteiger partial charge in [0.05, 0.1) is 5.92 Å². The smallest absolute Gasteiger partial charge is 0.320 e. The fourth-order valence-corrected chi connectivity index (χ4v) is 1.69. The SMILES string of the molecule is CCNC(=O)CN(CC)C(=O)N(CC)CC(C)C(=O)O. The molecule has 0 saturated carbocycles. The average Bonchev–Trinajstić information content (AvgIpc) is 2.41. The number of aliphatic carboxylic acids is 1. The summed E-state index contributed by atoms with van der Waals surface area (Å²) in [5, 5.41) is 11.5. The summed E-state index contributed by atoms with van der Waals surface area (Å²) in [4.78, 5) is 37.5. The molecular weight excluding hydrogens is 262 g/mol. The molecule has 0 aromatic heterocycles. The number of carboxylic acids is 1. The topological polar surface area (TPSA) is 90.0 Å². The van der Waals surface area contributed by atoms with Crippen LogP contribution in [0.1, 0.15) is 27.7 Å². The second kappa shape index (κ2) is 9.17. The van der Waals surface area contributed by atoms with Crippen molar-refractivity contribution in [3.05, 3.63) is 0 Å². The number of nitrogens with one attached hydrogen (secondary N) is 1. The molecular formula is C13H25N3O4. The lowest BCUT2D eigenvalue weighted by atomic mass is 10.2. The van der Waals surface area contributed by atoms with Gasteiger partial charge in [-0.2, -0.15) is 0 Å². The summed E-state index contributed by atoms with van der Waals surface area (Å²) >= 11 is 0. The molecule has 0 rings (SSSR count). The van der Waals surface area contributed by atoms with Gasteiger partial charge < -0.3 is 20.2 Å². The lowest BCUT2D eigenvalue weighted by Crippen LogP contribution is -2.48. The van der Waals surface area contributed by atoms with E-state index in [9.17, 15) is 14.4 Å². The summed E-state index contributed by atoms with van der Waals surface area (Å²) in [6.45, 7) is 8.37. The first-order valence-electron chi connectivity index (χ1n) is 6.90. The second-order valence-corrected chi connectivity index (χ2v) is 4.53. The van der Waals surface area contributed by atoms with E-state index in [0.717, 1.165) is 0 Å². The number of nitrogens with zero attached hydrogens (tertiary/aromatic N) is 2. The summed E-state index contributed by atoms with van der Waals surface area (Å²) in [6, 6.07) is -0.311. The van der Waals surface area contributed by atoms with Crippen molar-refractivity contribution in [3.8, 4) is 0 Å². The van der Waals surface area contributed by atoms with Gasteiger partial charge in [-0.25, -0.2) is 4.79 Å². The Kier molecular flexibility index (Phi) is 8.35. The maximum atomic E-state index is 12.3. The van der Waals surface area contributed by atoms with Gasteiger partial charge in [-0.15, -0.1) is 0 Å². The van der Waals surface area contributed by atoms with Crippen molar-refractivity contribution in [1.82, 2.24) is 15.1 Å². The molecule has 7 heteroatoms. The highest BCUT2D eigenvalue weighted by Crippen LogP contribution is 2.05. The van der Waals surface area contributed by atoms with Crippen LogP contribution in [-0.4, -0.2) is 65.5 Å². The molecule has 3 amide bonds. The highest BCUT2D eigenvalue weighted by atomic mass is 16.4. The van der Waals surface area contributed by atoms with E-state index in [-0.39, 0.29) is 25.0 Å². The van der Waals surface area contributed by atoms with E-state index in [0.29, 0.717) is 19.6 Å². The van der Waals surface area contributed by atoms with Crippen molar-refractivity contribution in [2.45, 2.75) is 27.7 Å². The Morgan fingerprint density at radius 2 is 1.65 bits per heavy atom. The van der Waals surface area contributed by atoms with Crippen LogP contribution in [0.5, 0.6) is 0 Å². The third-order valence-corrected chi connectivity index (χ3v) is 2.93. The van der Waals surface area contributed by atoms with Gasteiger partial charge >= 0.3 is 12.0 Å². The molecule has 0 heterocycles. The van der Waals surface area contributed by atoms with Crippen molar-refractivity contribution < 1.29 is 19.5 Å². The zero-order chi connectivity index (χ0) is 15.7. The van der Waals surface area contributed by atoms with Crippen LogP contribution in [0.4, 0.5) is 4.79 Å². The molecule has 0 aliphatic heterocycles. The van der Waals surface area contributed by atoms with Gasteiger partial charge in [-0.05, 0) is 20.8 Å². The molecule has 0 aromatic rings. The first kappa shape index (κ1) is 18.2. The van der Waals surface area contributed by atoms with E-state index in [1.807, 2.05) is 6.92 Å². The Labute approximate surface area is 119 Å². The quantitative estimate of drug-likeness (QED) is 0.684. The van der Waals surface area contributed by atoms with Crippen LogP contribution in [0, 0.1) is 5.92 Å². The Hall–Kier alpha value is -1.79. The van der Waals surface area contributed by atoms with Crippen molar-refractivity contribution in [1.29, 1.82) is 0 Å². The van der Waals surface area contributed by atoms with Crippen molar-refractivity contribution in [3.63, 3.8) is 0 Å². The molecule has 0 bridgehead atoms. The van der Waals surface area contributed by atoms with E-state index < -0.39 is 11.9 Å². The van der Waals surface area contributed by atoms with Gasteiger partial charge in [0.25, 0.3) is 0 Å². The molecule has 0 aliphatic carbocycles. The standard InChI is InChI=1S/C13H25N3O4/c1-5-14-11(17)9-16(7-3)13(20)15(6-2)8-10(4)12(18)19/h10H,5-9H2,1-4H3,(H,14,17)(H,18,19). The molecule has 0 spiro atoms. The fraction of sp³-hybridized carbons (Fsp3) is 0.769. The summed E-state index contributed by atoms with van der Waals surface area (Å²) in [5.74, 6) is -1.80. The van der Waals surface area contributed by atoms with Crippen molar-refractivity contribution in [2.75, 3.05) is 32.7 Å². The number of carbonyl (C=O) groups is 3. The zero-order valence-corrected chi connectivity index (χ0v) is 12.7. The minimum absolute atomic E-state index is 0.0128. The van der Waals surface area contributed by atoms with E-state index >= 15 is 0 Å². The van der Waals surface area contributed by atoms with Gasteiger partial charge in [-0.3, -0.25) is 9.59 Å². The maximum Gasteiger partial charge on any atom is 0.320 e. The van der Waals surface area contributed by atoms with Crippen LogP contribution in [0.3, 0.4) is 0 Å². The van der Waals surface area contributed by atoms with Crippen molar-refractivity contribution >= 4 is 17.9 Å². The maximum absolute atomic E-state index is 12.3. The van der Waals surface area contributed by atoms with E-state index in [4.69, 9.17) is 5.11 Å². The van der Waals surface area contributed by atoms with Crippen LogP contribution in [0.2, 0.25) is 0 Å². The molecule has 7 nitrogen and oxygen atoms in total. The first-order valence-corrected chi connectivity index (χ1v) is 6.90. The summed E-state index contributed by atoms with van der Waals surface area (Å²) < 4.78 is 0. The van der Waals surface area contributed by atoms with Gasteiger partial charge in [0, 0.05) is 26.2 Å². The van der Waals surface area contributed by atoms with Crippen LogP contribution in [0.25, 0.3) is 0 Å². The Morgan fingerprint density at radius 3 is 2.05 bits per heavy atom. The number of amides is 3. The minimum Gasteiger partial charge on any atom is -0.481 e. The molecule has 2 N–H and O–H groups in total. The van der Waals surface area contributed by atoms with Gasteiger partial charge in [0.2, 0.25) is 5.91 Å². The Bertz CT molecular complexity index is 347. The lowest BCUT2D eigenvalue weighted by Gasteiger charge is -2.29. The third kappa shape index (κ3) is 5.90. The van der Waals surface area contributed by atoms with E-state index in [2.05, 4.69) is 5.32 Å². The van der Waals surface area contributed by atoms with Gasteiger partial charge in [-0.1, -0.05) is 6.92 Å². The van der Waals surface area contributed by atoms with Crippen LogP contribution in [0.15, 0.2) is 0 Å².